The molecule has 1 saturated carbocycles. The van der Waals surface area contributed by atoms with Crippen molar-refractivity contribution < 1.29 is 9.53 Å². The minimum atomic E-state index is -0.240. The van der Waals surface area contributed by atoms with Crippen LogP contribution in [0.25, 0.3) is 0 Å². The lowest BCUT2D eigenvalue weighted by Gasteiger charge is -2.36. The van der Waals surface area contributed by atoms with E-state index in [2.05, 4.69) is 26.1 Å². The van der Waals surface area contributed by atoms with Crippen molar-refractivity contribution in [2.24, 2.45) is 5.92 Å². The number of carbonyl (C=O) groups excluding carboxylic acids is 1. The van der Waals surface area contributed by atoms with Gasteiger partial charge in [0, 0.05) is 25.7 Å². The summed E-state index contributed by atoms with van der Waals surface area (Å²) in [4.78, 5) is 14.6. The molecule has 1 saturated heterocycles. The molecule has 1 aliphatic heterocycles. The predicted octanol–water partition coefficient (Wildman–Crippen LogP) is 2.60. The van der Waals surface area contributed by atoms with E-state index in [9.17, 15) is 4.79 Å². The summed E-state index contributed by atoms with van der Waals surface area (Å²) in [6.45, 7) is 8.98. The molecule has 4 unspecified atom stereocenters. The van der Waals surface area contributed by atoms with Crippen LogP contribution in [0.1, 0.15) is 52.9 Å². The molecule has 2 fully saturated rings. The first-order valence-electron chi connectivity index (χ1n) is 8.27. The van der Waals surface area contributed by atoms with Gasteiger partial charge >= 0.3 is 0 Å². The molecule has 0 bridgehead atoms. The topological polar surface area (TPSA) is 41.6 Å². The summed E-state index contributed by atoms with van der Waals surface area (Å²) >= 11 is 0. The first-order chi connectivity index (χ1) is 9.60. The number of piperazine rings is 1. The van der Waals surface area contributed by atoms with Crippen LogP contribution >= 0.6 is 12.4 Å². The average molecular weight is 319 g/mol. The molecule has 1 aliphatic carbocycles. The van der Waals surface area contributed by atoms with Crippen LogP contribution in [0.15, 0.2) is 0 Å². The molecule has 4 atom stereocenters. The van der Waals surface area contributed by atoms with E-state index in [4.69, 9.17) is 4.74 Å². The Hall–Kier alpha value is -0.320. The molecule has 0 aromatic heterocycles. The van der Waals surface area contributed by atoms with Crippen LogP contribution in [-0.4, -0.2) is 48.7 Å². The molecule has 5 heteroatoms. The fourth-order valence-electron chi connectivity index (χ4n) is 3.40. The number of nitrogens with one attached hydrogen (secondary N) is 1. The van der Waals surface area contributed by atoms with E-state index in [1.54, 1.807) is 0 Å². The van der Waals surface area contributed by atoms with E-state index in [0.29, 0.717) is 6.04 Å². The van der Waals surface area contributed by atoms with Gasteiger partial charge in [-0.15, -0.1) is 12.4 Å². The fraction of sp³-hybridized carbons (Fsp3) is 0.938. The van der Waals surface area contributed by atoms with Gasteiger partial charge in [-0.05, 0) is 32.1 Å². The second kappa shape index (κ2) is 8.96. The van der Waals surface area contributed by atoms with Crippen molar-refractivity contribution in [2.45, 2.75) is 71.1 Å². The van der Waals surface area contributed by atoms with Crippen molar-refractivity contribution in [3.8, 4) is 0 Å². The second-order valence-corrected chi connectivity index (χ2v) is 6.57. The normalized spacial score (nSPS) is 31.4. The number of ether oxygens (including phenoxy) is 1. The van der Waals surface area contributed by atoms with Gasteiger partial charge in [0.15, 0.2) is 0 Å². The van der Waals surface area contributed by atoms with E-state index in [1.807, 2.05) is 4.90 Å². The van der Waals surface area contributed by atoms with Gasteiger partial charge in [-0.3, -0.25) is 4.79 Å². The van der Waals surface area contributed by atoms with Crippen molar-refractivity contribution in [1.82, 2.24) is 10.2 Å². The average Bonchev–Trinajstić information content (AvgIpc) is 2.44. The lowest BCUT2D eigenvalue weighted by Crippen LogP contribution is -2.54. The minimum Gasteiger partial charge on any atom is -0.365 e. The van der Waals surface area contributed by atoms with Gasteiger partial charge in [-0.2, -0.15) is 0 Å². The van der Waals surface area contributed by atoms with Gasteiger partial charge in [-0.1, -0.05) is 26.7 Å². The zero-order valence-corrected chi connectivity index (χ0v) is 14.5. The second-order valence-electron chi connectivity index (χ2n) is 6.57. The van der Waals surface area contributed by atoms with Crippen molar-refractivity contribution >= 4 is 18.3 Å². The monoisotopic (exact) mass is 318 g/mol. The molecule has 1 N–H and O–H groups in total. The van der Waals surface area contributed by atoms with E-state index < -0.39 is 0 Å². The summed E-state index contributed by atoms with van der Waals surface area (Å²) < 4.78 is 6.15. The quantitative estimate of drug-likeness (QED) is 0.866. The number of carbonyl (C=O) groups is 1. The van der Waals surface area contributed by atoms with E-state index >= 15 is 0 Å². The maximum absolute atomic E-state index is 12.6. The summed E-state index contributed by atoms with van der Waals surface area (Å²) in [5, 5.41) is 3.38. The van der Waals surface area contributed by atoms with E-state index in [-0.39, 0.29) is 30.5 Å². The number of hydrogen-bond donors (Lipinski definition) is 1. The Morgan fingerprint density at radius 1 is 1.38 bits per heavy atom. The Morgan fingerprint density at radius 3 is 2.76 bits per heavy atom. The third kappa shape index (κ3) is 5.42. The maximum atomic E-state index is 12.6. The van der Waals surface area contributed by atoms with Crippen molar-refractivity contribution in [3.63, 3.8) is 0 Å². The SMILES string of the molecule is CCC(OC1CCCC(C)C1)C(=O)N1CCNC(C)C1.Cl. The van der Waals surface area contributed by atoms with Crippen molar-refractivity contribution in [1.29, 1.82) is 0 Å². The number of nitrogens with zero attached hydrogens (tertiary/aromatic N) is 1. The Balaban J connectivity index is 0.00000220. The molecule has 2 rings (SSSR count). The molecule has 2 aliphatic rings. The lowest BCUT2D eigenvalue weighted by molar-refractivity contribution is -0.151. The van der Waals surface area contributed by atoms with Crippen LogP contribution in [0.5, 0.6) is 0 Å². The zero-order valence-electron chi connectivity index (χ0n) is 13.6. The smallest absolute Gasteiger partial charge is 0.251 e. The van der Waals surface area contributed by atoms with Crippen LogP contribution in [0.3, 0.4) is 0 Å². The highest BCUT2D eigenvalue weighted by Gasteiger charge is 2.30. The van der Waals surface area contributed by atoms with Crippen molar-refractivity contribution in [3.05, 3.63) is 0 Å². The molecule has 0 spiro atoms. The summed E-state index contributed by atoms with van der Waals surface area (Å²) in [7, 11) is 0. The van der Waals surface area contributed by atoms with Crippen LogP contribution in [-0.2, 0) is 9.53 Å². The molecule has 1 amide bonds. The Labute approximate surface area is 135 Å². The third-order valence-corrected chi connectivity index (χ3v) is 4.57. The highest BCUT2D eigenvalue weighted by molar-refractivity contribution is 5.85. The Kier molecular flexibility index (Phi) is 7.99. The first kappa shape index (κ1) is 18.7. The number of amides is 1. The Bertz CT molecular complexity index is 327. The highest BCUT2D eigenvalue weighted by atomic mass is 35.5. The fourth-order valence-corrected chi connectivity index (χ4v) is 3.40. The molecule has 21 heavy (non-hydrogen) atoms. The van der Waals surface area contributed by atoms with Crippen LogP contribution < -0.4 is 5.32 Å². The molecule has 0 aromatic rings. The van der Waals surface area contributed by atoms with Gasteiger partial charge in [0.1, 0.15) is 6.10 Å². The molecule has 124 valence electrons. The summed E-state index contributed by atoms with van der Waals surface area (Å²) in [6, 6.07) is 0.389. The van der Waals surface area contributed by atoms with Crippen LogP contribution in [0.4, 0.5) is 0 Å². The van der Waals surface area contributed by atoms with Crippen LogP contribution in [0.2, 0.25) is 0 Å². The van der Waals surface area contributed by atoms with Gasteiger partial charge < -0.3 is 15.0 Å². The predicted molar refractivity (Wildman–Crippen MR) is 87.9 cm³/mol. The molecule has 0 radical (unpaired) electrons. The number of halogens is 1. The van der Waals surface area contributed by atoms with Gasteiger partial charge in [0.2, 0.25) is 0 Å². The molecule has 0 aromatic carbocycles. The summed E-state index contributed by atoms with van der Waals surface area (Å²) in [5.74, 6) is 0.930. The van der Waals surface area contributed by atoms with Gasteiger partial charge in [0.25, 0.3) is 5.91 Å². The molecular weight excluding hydrogens is 288 g/mol. The number of rotatable bonds is 4. The Morgan fingerprint density at radius 2 is 2.14 bits per heavy atom. The largest absolute Gasteiger partial charge is 0.365 e. The number of hydrogen-bond acceptors (Lipinski definition) is 3. The third-order valence-electron chi connectivity index (χ3n) is 4.57. The molecule has 1 heterocycles. The van der Waals surface area contributed by atoms with Crippen LogP contribution in [0, 0.1) is 5.92 Å². The standard InChI is InChI=1S/C16H30N2O2.ClH/c1-4-15(20-14-7-5-6-12(2)10-14)16(19)18-9-8-17-13(3)11-18;/h12-15,17H,4-11H2,1-3H3;1H. The van der Waals surface area contributed by atoms with Crippen molar-refractivity contribution in [2.75, 3.05) is 19.6 Å². The molecule has 4 nitrogen and oxygen atoms in total. The van der Waals surface area contributed by atoms with E-state index in [0.717, 1.165) is 44.8 Å². The minimum absolute atomic E-state index is 0. The summed E-state index contributed by atoms with van der Waals surface area (Å²) in [6.07, 6.45) is 5.60. The van der Waals surface area contributed by atoms with Gasteiger partial charge in [-0.25, -0.2) is 0 Å². The zero-order chi connectivity index (χ0) is 14.5. The first-order valence-corrected chi connectivity index (χ1v) is 8.27. The van der Waals surface area contributed by atoms with Gasteiger partial charge in [0.05, 0.1) is 6.10 Å². The molecular formula is C16H31ClN2O2. The van der Waals surface area contributed by atoms with E-state index in [1.165, 1.54) is 12.8 Å². The highest BCUT2D eigenvalue weighted by Crippen LogP contribution is 2.27. The maximum Gasteiger partial charge on any atom is 0.251 e. The lowest BCUT2D eigenvalue weighted by atomic mass is 9.88. The summed E-state index contributed by atoms with van der Waals surface area (Å²) in [5.41, 5.74) is 0.